The number of likely N-dealkylation sites (tertiary alicyclic amines) is 2. The fourth-order valence-electron chi connectivity index (χ4n) is 6.41. The molecule has 3 fully saturated rings. The van der Waals surface area contributed by atoms with Gasteiger partial charge in [0, 0.05) is 56.9 Å². The number of alkyl halides is 1. The second-order valence-electron chi connectivity index (χ2n) is 11.1. The quantitative estimate of drug-likeness (QED) is 0.379. The third-order valence-corrected chi connectivity index (χ3v) is 8.77. The number of fused-ring (bicyclic) bond motifs is 1. The van der Waals surface area contributed by atoms with E-state index in [1.54, 1.807) is 4.68 Å². The molecule has 0 spiro atoms. The first-order chi connectivity index (χ1) is 19.6. The van der Waals surface area contributed by atoms with Gasteiger partial charge in [0.1, 0.15) is 35.5 Å². The molecule has 2 atom stereocenters. The molecule has 2 aromatic heterocycles. The predicted molar refractivity (Wildman–Crippen MR) is 153 cm³/mol. The van der Waals surface area contributed by atoms with E-state index < -0.39 is 12.2 Å². The first-order valence-electron chi connectivity index (χ1n) is 14.3. The molecule has 10 heteroatoms. The zero-order valence-corrected chi connectivity index (χ0v) is 22.5. The summed E-state index contributed by atoms with van der Waals surface area (Å²) in [5, 5.41) is 8.94. The summed E-state index contributed by atoms with van der Waals surface area (Å²) in [6, 6.07) is 18.1. The van der Waals surface area contributed by atoms with Gasteiger partial charge in [-0.2, -0.15) is 5.10 Å². The highest BCUT2D eigenvalue weighted by atomic mass is 19.1. The van der Waals surface area contributed by atoms with Gasteiger partial charge in [-0.15, -0.1) is 0 Å². The number of nitrogens with two attached hydrogens (primary N) is 1. The Morgan fingerprint density at radius 2 is 1.57 bits per heavy atom. The highest BCUT2D eigenvalue weighted by Gasteiger charge is 2.38. The number of nitrogen functional groups attached to an aromatic ring is 1. The molecule has 0 saturated carbocycles. The van der Waals surface area contributed by atoms with Gasteiger partial charge in [-0.3, -0.25) is 9.80 Å². The Kier molecular flexibility index (Phi) is 6.82. The third kappa shape index (κ3) is 4.80. The molecule has 3 saturated heterocycles. The van der Waals surface area contributed by atoms with Crippen molar-refractivity contribution in [1.29, 1.82) is 0 Å². The average Bonchev–Trinajstić information content (AvgIpc) is 3.34. The summed E-state index contributed by atoms with van der Waals surface area (Å²) in [7, 11) is 0. The number of nitrogens with one attached hydrogen (secondary N) is 1. The van der Waals surface area contributed by atoms with Crippen molar-refractivity contribution in [2.75, 3.05) is 45.0 Å². The van der Waals surface area contributed by atoms with E-state index in [1.165, 1.54) is 6.33 Å². The Bertz CT molecular complexity index is 1450. The second-order valence-corrected chi connectivity index (χ2v) is 11.1. The van der Waals surface area contributed by atoms with Crippen LogP contribution in [0.5, 0.6) is 11.5 Å². The molecular weight excluding hydrogens is 507 g/mol. The summed E-state index contributed by atoms with van der Waals surface area (Å²) in [5.41, 5.74) is 8.42. The van der Waals surface area contributed by atoms with Gasteiger partial charge in [0.05, 0.1) is 11.4 Å². The van der Waals surface area contributed by atoms with Crippen molar-refractivity contribution in [3.8, 4) is 22.8 Å². The Balaban J connectivity index is 1.09. The van der Waals surface area contributed by atoms with Gasteiger partial charge in [0.25, 0.3) is 0 Å². The van der Waals surface area contributed by atoms with Gasteiger partial charge < -0.3 is 15.8 Å². The summed E-state index contributed by atoms with van der Waals surface area (Å²) in [5.74, 6) is 1.83. The Labute approximate surface area is 233 Å². The highest BCUT2D eigenvalue weighted by Crippen LogP contribution is 2.36. The van der Waals surface area contributed by atoms with Crippen LogP contribution in [0.15, 0.2) is 60.9 Å². The number of benzene rings is 2. The molecule has 1 unspecified atom stereocenters. The number of ether oxygens (including phenoxy) is 1. The third-order valence-electron chi connectivity index (χ3n) is 8.77. The zero-order valence-electron chi connectivity index (χ0n) is 22.5. The molecule has 0 aliphatic carbocycles. The van der Waals surface area contributed by atoms with Crippen LogP contribution in [0.4, 0.5) is 10.2 Å². The Hall–Kier alpha value is -3.60. The average molecular weight is 543 g/mol. The molecule has 4 aromatic rings. The first kappa shape index (κ1) is 25.4. The SMILES string of the molecule is Nc1ncnc2c1c(-c1ccc(Oc3ccccc3)cc1)nn2C1CCN(C2CCN(C3CNC3)CC2)C[C@H]1F. The van der Waals surface area contributed by atoms with E-state index >= 15 is 4.39 Å². The van der Waals surface area contributed by atoms with Crippen molar-refractivity contribution in [3.63, 3.8) is 0 Å². The molecule has 2 aromatic carbocycles. The van der Waals surface area contributed by atoms with E-state index in [-0.39, 0.29) is 0 Å². The molecule has 3 aliphatic heterocycles. The van der Waals surface area contributed by atoms with Crippen LogP contribution in [0.2, 0.25) is 0 Å². The van der Waals surface area contributed by atoms with E-state index in [1.807, 2.05) is 54.6 Å². The van der Waals surface area contributed by atoms with Crippen LogP contribution in [0.1, 0.15) is 25.3 Å². The minimum Gasteiger partial charge on any atom is -0.457 e. The Morgan fingerprint density at radius 1 is 0.850 bits per heavy atom. The maximum atomic E-state index is 15.9. The van der Waals surface area contributed by atoms with E-state index in [0.717, 1.165) is 56.9 Å². The maximum Gasteiger partial charge on any atom is 0.164 e. The largest absolute Gasteiger partial charge is 0.457 e. The lowest BCUT2D eigenvalue weighted by atomic mass is 9.95. The number of piperidine rings is 2. The molecule has 208 valence electrons. The van der Waals surface area contributed by atoms with E-state index in [2.05, 4.69) is 25.1 Å². The Morgan fingerprint density at radius 3 is 2.27 bits per heavy atom. The molecule has 5 heterocycles. The van der Waals surface area contributed by atoms with Crippen molar-refractivity contribution >= 4 is 16.9 Å². The fraction of sp³-hybridized carbons (Fsp3) is 0.433. The van der Waals surface area contributed by atoms with Crippen molar-refractivity contribution in [1.82, 2.24) is 34.9 Å². The van der Waals surface area contributed by atoms with Crippen LogP contribution >= 0.6 is 0 Å². The lowest BCUT2D eigenvalue weighted by molar-refractivity contribution is 0.0192. The van der Waals surface area contributed by atoms with Gasteiger partial charge >= 0.3 is 0 Å². The van der Waals surface area contributed by atoms with E-state index in [9.17, 15) is 0 Å². The number of anilines is 1. The smallest absolute Gasteiger partial charge is 0.164 e. The van der Waals surface area contributed by atoms with Crippen LogP contribution in [0, 0.1) is 0 Å². The molecule has 0 amide bonds. The van der Waals surface area contributed by atoms with Crippen LogP contribution < -0.4 is 15.8 Å². The summed E-state index contributed by atoms with van der Waals surface area (Å²) >= 11 is 0. The monoisotopic (exact) mass is 542 g/mol. The van der Waals surface area contributed by atoms with Crippen LogP contribution in [0.3, 0.4) is 0 Å². The standard InChI is InChI=1S/C30H35FN8O/c31-25-18-38(21-10-13-37(14-11-21)22-16-33-17-22)15-12-26(25)39-30-27(29(32)34-19-35-30)28(36-39)20-6-8-24(9-7-20)40-23-4-2-1-3-5-23/h1-9,19,21-22,25-26,33H,10-18H2,(H2,32,34,35)/t25-,26?/m1/s1. The zero-order chi connectivity index (χ0) is 27.1. The van der Waals surface area contributed by atoms with Crippen molar-refractivity contribution in [3.05, 3.63) is 60.9 Å². The number of aromatic nitrogens is 4. The minimum absolute atomic E-state index is 0.345. The summed E-state index contributed by atoms with van der Waals surface area (Å²) in [6.07, 6.45) is 3.28. The number of hydrogen-bond donors (Lipinski definition) is 2. The van der Waals surface area contributed by atoms with Gasteiger partial charge in [-0.05, 0) is 55.7 Å². The second kappa shape index (κ2) is 10.8. The summed E-state index contributed by atoms with van der Waals surface area (Å²) in [6.45, 7) is 5.68. The molecule has 3 aliphatic rings. The van der Waals surface area contributed by atoms with Crippen LogP contribution in [0.25, 0.3) is 22.3 Å². The van der Waals surface area contributed by atoms with Gasteiger partial charge in [0.2, 0.25) is 0 Å². The molecule has 40 heavy (non-hydrogen) atoms. The lowest BCUT2D eigenvalue weighted by Gasteiger charge is -2.46. The maximum absolute atomic E-state index is 15.9. The molecular formula is C30H35FN8O. The number of hydrogen-bond acceptors (Lipinski definition) is 8. The van der Waals surface area contributed by atoms with Gasteiger partial charge in [-0.25, -0.2) is 19.0 Å². The topological polar surface area (TPSA) is 97.4 Å². The highest BCUT2D eigenvalue weighted by molar-refractivity contribution is 5.98. The normalized spacial score (nSPS) is 23.3. The van der Waals surface area contributed by atoms with E-state index in [4.69, 9.17) is 15.6 Å². The fourth-order valence-corrected chi connectivity index (χ4v) is 6.41. The molecule has 3 N–H and O–H groups in total. The number of nitrogens with zero attached hydrogens (tertiary/aromatic N) is 6. The minimum atomic E-state index is -1.05. The summed E-state index contributed by atoms with van der Waals surface area (Å²) < 4.78 is 23.6. The molecule has 0 bridgehead atoms. The van der Waals surface area contributed by atoms with Crippen molar-refractivity contribution in [2.45, 2.75) is 43.6 Å². The molecule has 7 rings (SSSR count). The molecule has 0 radical (unpaired) electrons. The van der Waals surface area contributed by atoms with Gasteiger partial charge in [-0.1, -0.05) is 18.2 Å². The number of para-hydroxylation sites is 1. The number of halogens is 1. The van der Waals surface area contributed by atoms with Gasteiger partial charge in [0.15, 0.2) is 5.65 Å². The van der Waals surface area contributed by atoms with Crippen LogP contribution in [-0.4, -0.2) is 87.1 Å². The van der Waals surface area contributed by atoms with Crippen molar-refractivity contribution in [2.24, 2.45) is 0 Å². The lowest BCUT2D eigenvalue weighted by Crippen LogP contribution is -2.60. The van der Waals surface area contributed by atoms with Crippen LogP contribution in [-0.2, 0) is 0 Å². The van der Waals surface area contributed by atoms with E-state index in [0.29, 0.717) is 53.3 Å². The summed E-state index contributed by atoms with van der Waals surface area (Å²) in [4.78, 5) is 13.7. The molecule has 9 nitrogen and oxygen atoms in total. The predicted octanol–water partition coefficient (Wildman–Crippen LogP) is 3.89. The number of rotatable bonds is 6. The first-order valence-corrected chi connectivity index (χ1v) is 14.3. The van der Waals surface area contributed by atoms with Crippen molar-refractivity contribution < 1.29 is 9.13 Å².